The highest BCUT2D eigenvalue weighted by molar-refractivity contribution is 5.95. The van der Waals surface area contributed by atoms with Crippen molar-refractivity contribution in [3.05, 3.63) is 53.9 Å². The van der Waals surface area contributed by atoms with Crippen LogP contribution in [0.1, 0.15) is 18.2 Å². The number of aromatic hydroxyl groups is 1. The summed E-state index contributed by atoms with van der Waals surface area (Å²) in [6.07, 6.45) is 1.93. The van der Waals surface area contributed by atoms with Crippen LogP contribution in [0.4, 0.5) is 5.69 Å². The van der Waals surface area contributed by atoms with E-state index in [0.29, 0.717) is 6.54 Å². The van der Waals surface area contributed by atoms with Crippen molar-refractivity contribution in [3.63, 3.8) is 0 Å². The molecule has 0 bridgehead atoms. The van der Waals surface area contributed by atoms with Crippen LogP contribution in [0.5, 0.6) is 5.75 Å². The maximum Gasteiger partial charge on any atom is 0.232 e. The highest BCUT2D eigenvalue weighted by Crippen LogP contribution is 2.25. The Morgan fingerprint density at radius 2 is 2.10 bits per heavy atom. The summed E-state index contributed by atoms with van der Waals surface area (Å²) in [5.74, 6) is 0.134. The minimum absolute atomic E-state index is 0.0279. The number of hydrogen-bond acceptors (Lipinski definition) is 3. The number of hydrogen-bond donors (Lipinski definition) is 1. The van der Waals surface area contributed by atoms with E-state index in [1.54, 1.807) is 29.3 Å². The van der Waals surface area contributed by atoms with Gasteiger partial charge in [0.15, 0.2) is 0 Å². The van der Waals surface area contributed by atoms with Crippen molar-refractivity contribution in [2.75, 3.05) is 11.4 Å². The lowest BCUT2D eigenvalue weighted by Gasteiger charge is -2.23. The molecule has 0 spiro atoms. The van der Waals surface area contributed by atoms with Crippen LogP contribution in [0.15, 0.2) is 42.6 Å². The fourth-order valence-corrected chi connectivity index (χ4v) is 2.12. The maximum absolute atomic E-state index is 12.4. The van der Waals surface area contributed by atoms with Crippen molar-refractivity contribution in [1.82, 2.24) is 4.98 Å². The third kappa shape index (κ3) is 3.15. The van der Waals surface area contributed by atoms with Crippen LogP contribution in [0.3, 0.4) is 0 Å². The molecule has 4 nitrogen and oxygen atoms in total. The molecular weight excluding hydrogens is 252 g/mol. The van der Waals surface area contributed by atoms with Crippen LogP contribution in [0.25, 0.3) is 0 Å². The Kier molecular flexibility index (Phi) is 4.35. The van der Waals surface area contributed by atoms with Crippen molar-refractivity contribution in [3.8, 4) is 5.75 Å². The molecule has 2 aromatic rings. The van der Waals surface area contributed by atoms with Crippen LogP contribution in [-0.2, 0) is 11.2 Å². The van der Waals surface area contributed by atoms with Crippen LogP contribution in [-0.4, -0.2) is 22.5 Å². The Morgan fingerprint density at radius 1 is 1.30 bits per heavy atom. The molecule has 1 N–H and O–H groups in total. The van der Waals surface area contributed by atoms with Crippen molar-refractivity contribution in [1.29, 1.82) is 0 Å². The zero-order valence-electron chi connectivity index (χ0n) is 11.7. The van der Waals surface area contributed by atoms with Gasteiger partial charge < -0.3 is 10.0 Å². The largest absolute Gasteiger partial charge is 0.508 e. The van der Waals surface area contributed by atoms with Crippen molar-refractivity contribution in [2.45, 2.75) is 20.3 Å². The first-order valence-electron chi connectivity index (χ1n) is 6.61. The number of likely N-dealkylation sites (N-methyl/N-ethyl adjacent to an activating group) is 1. The van der Waals surface area contributed by atoms with Crippen molar-refractivity contribution < 1.29 is 9.90 Å². The summed E-state index contributed by atoms with van der Waals surface area (Å²) in [4.78, 5) is 18.3. The Morgan fingerprint density at radius 3 is 2.75 bits per heavy atom. The molecule has 20 heavy (non-hydrogen) atoms. The Labute approximate surface area is 118 Å². The van der Waals surface area contributed by atoms with Gasteiger partial charge in [-0.25, -0.2) is 0 Å². The molecule has 0 aliphatic heterocycles. The minimum Gasteiger partial charge on any atom is -0.508 e. The lowest BCUT2D eigenvalue weighted by atomic mass is 10.1. The molecule has 0 saturated heterocycles. The number of carbonyl (C=O) groups is 1. The molecule has 0 unspecified atom stereocenters. The summed E-state index contributed by atoms with van der Waals surface area (Å²) in [7, 11) is 0. The van der Waals surface area contributed by atoms with Gasteiger partial charge in [-0.3, -0.25) is 9.78 Å². The van der Waals surface area contributed by atoms with Gasteiger partial charge >= 0.3 is 0 Å². The number of aromatic nitrogens is 1. The molecular formula is C16H18N2O2. The van der Waals surface area contributed by atoms with Gasteiger partial charge in [-0.1, -0.05) is 12.1 Å². The highest BCUT2D eigenvalue weighted by Gasteiger charge is 2.17. The lowest BCUT2D eigenvalue weighted by molar-refractivity contribution is -0.118. The smallest absolute Gasteiger partial charge is 0.232 e. The van der Waals surface area contributed by atoms with Gasteiger partial charge in [0.05, 0.1) is 12.1 Å². The predicted molar refractivity (Wildman–Crippen MR) is 78.8 cm³/mol. The van der Waals surface area contributed by atoms with E-state index in [1.165, 1.54) is 0 Å². The first-order chi connectivity index (χ1) is 9.61. The number of nitrogens with zero attached hydrogens (tertiary/aromatic N) is 2. The first-order valence-corrected chi connectivity index (χ1v) is 6.61. The van der Waals surface area contributed by atoms with Gasteiger partial charge in [0.1, 0.15) is 5.75 Å². The van der Waals surface area contributed by atoms with E-state index < -0.39 is 0 Å². The van der Waals surface area contributed by atoms with E-state index in [9.17, 15) is 9.90 Å². The monoisotopic (exact) mass is 270 g/mol. The Bertz CT molecular complexity index is 597. The minimum atomic E-state index is -0.0279. The average Bonchev–Trinajstić information content (AvgIpc) is 2.44. The molecule has 1 aromatic carbocycles. The second-order valence-electron chi connectivity index (χ2n) is 4.61. The number of aryl methyl sites for hydroxylation is 1. The Balaban J connectivity index is 2.23. The van der Waals surface area contributed by atoms with Gasteiger partial charge in [-0.2, -0.15) is 0 Å². The number of phenols is 1. The number of phenolic OH excluding ortho intramolecular Hbond substituents is 1. The topological polar surface area (TPSA) is 53.4 Å². The summed E-state index contributed by atoms with van der Waals surface area (Å²) in [5, 5.41) is 9.60. The zero-order chi connectivity index (χ0) is 14.5. The Hall–Kier alpha value is -2.36. The second kappa shape index (κ2) is 6.19. The fourth-order valence-electron chi connectivity index (χ4n) is 2.12. The zero-order valence-corrected chi connectivity index (χ0v) is 11.7. The number of rotatable bonds is 4. The molecule has 4 heteroatoms. The van der Waals surface area contributed by atoms with Crippen LogP contribution in [0.2, 0.25) is 0 Å². The van der Waals surface area contributed by atoms with Gasteiger partial charge in [-0.05, 0) is 37.6 Å². The lowest BCUT2D eigenvalue weighted by Crippen LogP contribution is -2.32. The van der Waals surface area contributed by atoms with Gasteiger partial charge in [0, 0.05) is 24.5 Å². The molecule has 0 aliphatic carbocycles. The number of amides is 1. The molecule has 0 fully saturated rings. The maximum atomic E-state index is 12.4. The molecule has 1 amide bonds. The summed E-state index contributed by atoms with van der Waals surface area (Å²) in [5.41, 5.74) is 2.45. The van der Waals surface area contributed by atoms with Gasteiger partial charge in [0.2, 0.25) is 5.91 Å². The van der Waals surface area contributed by atoms with Crippen LogP contribution >= 0.6 is 0 Å². The quantitative estimate of drug-likeness (QED) is 0.929. The van der Waals surface area contributed by atoms with Gasteiger partial charge in [-0.15, -0.1) is 0 Å². The number of carbonyl (C=O) groups excluding carboxylic acids is 1. The van der Waals surface area contributed by atoms with E-state index in [0.717, 1.165) is 16.9 Å². The molecule has 2 rings (SSSR count). The van der Waals surface area contributed by atoms with E-state index >= 15 is 0 Å². The summed E-state index contributed by atoms with van der Waals surface area (Å²) >= 11 is 0. The van der Waals surface area contributed by atoms with Crippen molar-refractivity contribution >= 4 is 11.6 Å². The number of benzene rings is 1. The number of pyridine rings is 1. The second-order valence-corrected chi connectivity index (χ2v) is 4.61. The third-order valence-electron chi connectivity index (χ3n) is 3.16. The van der Waals surface area contributed by atoms with E-state index in [1.807, 2.05) is 32.0 Å². The van der Waals surface area contributed by atoms with Crippen LogP contribution < -0.4 is 4.90 Å². The summed E-state index contributed by atoms with van der Waals surface area (Å²) in [6.45, 7) is 4.39. The predicted octanol–water partition coefficient (Wildman–Crippen LogP) is 2.69. The third-order valence-corrected chi connectivity index (χ3v) is 3.16. The van der Waals surface area contributed by atoms with E-state index in [-0.39, 0.29) is 18.1 Å². The van der Waals surface area contributed by atoms with Crippen LogP contribution in [0, 0.1) is 6.92 Å². The average molecular weight is 270 g/mol. The summed E-state index contributed by atoms with van der Waals surface area (Å²) < 4.78 is 0. The number of anilines is 1. The van der Waals surface area contributed by atoms with Crippen molar-refractivity contribution in [2.24, 2.45) is 0 Å². The molecule has 0 aliphatic rings. The first kappa shape index (κ1) is 14.1. The SMILES string of the molecule is CCN(C(=O)Cc1ccccn1)c1cc(O)ccc1C. The normalized spacial score (nSPS) is 10.3. The molecule has 0 saturated carbocycles. The molecule has 1 heterocycles. The molecule has 0 radical (unpaired) electrons. The fraction of sp³-hybridized carbons (Fsp3) is 0.250. The highest BCUT2D eigenvalue weighted by atomic mass is 16.3. The van der Waals surface area contributed by atoms with Gasteiger partial charge in [0.25, 0.3) is 0 Å². The standard InChI is InChI=1S/C16H18N2O2/c1-3-18(15-11-14(19)8-7-12(15)2)16(20)10-13-6-4-5-9-17-13/h4-9,11,19H,3,10H2,1-2H3. The molecule has 0 atom stereocenters. The molecule has 1 aromatic heterocycles. The van der Waals surface area contributed by atoms with E-state index in [4.69, 9.17) is 0 Å². The molecule has 104 valence electrons. The van der Waals surface area contributed by atoms with E-state index in [2.05, 4.69) is 4.98 Å². The summed E-state index contributed by atoms with van der Waals surface area (Å²) in [6, 6.07) is 10.6.